The number of nitrogens with zero attached hydrogens (tertiary/aromatic N) is 2. The first-order chi connectivity index (χ1) is 16.0. The molecule has 2 saturated heterocycles. The normalized spacial score (nSPS) is 22.8. The molecule has 2 aromatic carbocycles. The maximum absolute atomic E-state index is 13.6. The van der Waals surface area contributed by atoms with Gasteiger partial charge in [-0.25, -0.2) is 13.6 Å². The third-order valence-corrected chi connectivity index (χ3v) is 6.79. The van der Waals surface area contributed by atoms with E-state index in [0.717, 1.165) is 31.5 Å². The Balaban J connectivity index is 1.56. The summed E-state index contributed by atoms with van der Waals surface area (Å²) < 4.78 is 32.3. The lowest BCUT2D eigenvalue weighted by molar-refractivity contribution is -0.0390. The zero-order valence-electron chi connectivity index (χ0n) is 18.8. The van der Waals surface area contributed by atoms with E-state index in [0.29, 0.717) is 19.6 Å². The van der Waals surface area contributed by atoms with Gasteiger partial charge in [0.1, 0.15) is 23.6 Å². The second-order valence-corrected chi connectivity index (χ2v) is 8.79. The smallest absolute Gasteiger partial charge is 0.410 e. The number of likely N-dealkylation sites (tertiary alicyclic amines) is 1. The van der Waals surface area contributed by atoms with Gasteiger partial charge < -0.3 is 20.1 Å². The fourth-order valence-corrected chi connectivity index (χ4v) is 4.99. The van der Waals surface area contributed by atoms with Crippen molar-refractivity contribution in [2.24, 2.45) is 5.92 Å². The highest BCUT2D eigenvalue weighted by atomic mass is 19.1. The number of aliphatic hydroxyl groups excluding tert-OH is 1. The van der Waals surface area contributed by atoms with Crippen LogP contribution in [0.4, 0.5) is 13.6 Å². The van der Waals surface area contributed by atoms with Gasteiger partial charge in [0.05, 0.1) is 6.04 Å². The summed E-state index contributed by atoms with van der Waals surface area (Å²) in [6, 6.07) is 11.4. The minimum Gasteiger partial charge on any atom is -0.410 e. The Kier molecular flexibility index (Phi) is 7.57. The summed E-state index contributed by atoms with van der Waals surface area (Å²) in [6.45, 7) is 5.08. The van der Waals surface area contributed by atoms with E-state index in [1.807, 2.05) is 11.8 Å². The summed E-state index contributed by atoms with van der Waals surface area (Å²) in [7, 11) is 0. The molecule has 8 heteroatoms. The van der Waals surface area contributed by atoms with Gasteiger partial charge in [-0.15, -0.1) is 0 Å². The molecular weight excluding hydrogens is 428 g/mol. The van der Waals surface area contributed by atoms with E-state index in [1.54, 1.807) is 17.0 Å². The molecule has 33 heavy (non-hydrogen) atoms. The van der Waals surface area contributed by atoms with Gasteiger partial charge in [-0.2, -0.15) is 0 Å². The molecule has 2 N–H and O–H groups in total. The standard InChI is InChI=1S/C25H31F2N3O3/c1-2-30(25(32)33-21-9-7-20(27)8-10-21)23-16-29(24(31)18-11-13-28-14-12-18)15-22(23)17-3-5-19(26)6-4-17/h3-10,18,22-24,28,31H,2,11-16H2,1H3/t22-,23+,24?/m0/s1. The van der Waals surface area contributed by atoms with Crippen molar-refractivity contribution in [2.45, 2.75) is 38.0 Å². The van der Waals surface area contributed by atoms with Gasteiger partial charge in [0.25, 0.3) is 0 Å². The van der Waals surface area contributed by atoms with Crippen molar-refractivity contribution >= 4 is 6.09 Å². The van der Waals surface area contributed by atoms with E-state index in [-0.39, 0.29) is 29.4 Å². The van der Waals surface area contributed by atoms with E-state index >= 15 is 0 Å². The summed E-state index contributed by atoms with van der Waals surface area (Å²) in [5.74, 6) is -0.398. The van der Waals surface area contributed by atoms with Gasteiger partial charge >= 0.3 is 6.09 Å². The fourth-order valence-electron chi connectivity index (χ4n) is 4.99. The van der Waals surface area contributed by atoms with Crippen LogP contribution in [0.25, 0.3) is 0 Å². The summed E-state index contributed by atoms with van der Waals surface area (Å²) in [5, 5.41) is 14.4. The van der Waals surface area contributed by atoms with Crippen LogP contribution in [0.5, 0.6) is 5.75 Å². The Morgan fingerprint density at radius 2 is 1.70 bits per heavy atom. The molecule has 2 aliphatic rings. The van der Waals surface area contributed by atoms with Gasteiger partial charge in [0, 0.05) is 31.5 Å². The fraction of sp³-hybridized carbons (Fsp3) is 0.480. The Labute approximate surface area is 193 Å². The number of amides is 1. The highest BCUT2D eigenvalue weighted by molar-refractivity contribution is 5.71. The molecule has 0 bridgehead atoms. The number of benzene rings is 2. The third-order valence-electron chi connectivity index (χ3n) is 6.79. The monoisotopic (exact) mass is 459 g/mol. The van der Waals surface area contributed by atoms with E-state index in [4.69, 9.17) is 4.74 Å². The second-order valence-electron chi connectivity index (χ2n) is 8.79. The van der Waals surface area contributed by atoms with Crippen LogP contribution in [0.2, 0.25) is 0 Å². The predicted molar refractivity (Wildman–Crippen MR) is 121 cm³/mol. The van der Waals surface area contributed by atoms with Crippen molar-refractivity contribution in [3.05, 3.63) is 65.7 Å². The van der Waals surface area contributed by atoms with Crippen LogP contribution < -0.4 is 10.1 Å². The van der Waals surface area contributed by atoms with Crippen LogP contribution in [0, 0.1) is 17.6 Å². The zero-order chi connectivity index (χ0) is 23.4. The molecule has 6 nitrogen and oxygen atoms in total. The van der Waals surface area contributed by atoms with Gasteiger partial charge in [0.2, 0.25) is 0 Å². The predicted octanol–water partition coefficient (Wildman–Crippen LogP) is 3.57. The number of hydrogen-bond donors (Lipinski definition) is 2. The van der Waals surface area contributed by atoms with Crippen molar-refractivity contribution in [3.63, 3.8) is 0 Å². The molecule has 2 heterocycles. The molecular formula is C25H31F2N3O3. The van der Waals surface area contributed by atoms with Crippen molar-refractivity contribution < 1.29 is 23.4 Å². The van der Waals surface area contributed by atoms with Crippen LogP contribution in [-0.2, 0) is 0 Å². The number of ether oxygens (including phenoxy) is 1. The highest BCUT2D eigenvalue weighted by Crippen LogP contribution is 2.35. The van der Waals surface area contributed by atoms with E-state index in [9.17, 15) is 18.7 Å². The molecule has 2 aliphatic heterocycles. The summed E-state index contributed by atoms with van der Waals surface area (Å²) in [4.78, 5) is 16.8. The quantitative estimate of drug-likeness (QED) is 0.692. The van der Waals surface area contributed by atoms with Crippen LogP contribution in [0.3, 0.4) is 0 Å². The highest BCUT2D eigenvalue weighted by Gasteiger charge is 2.43. The number of hydrogen-bond acceptors (Lipinski definition) is 5. The number of likely N-dealkylation sites (N-methyl/N-ethyl adjacent to an activating group) is 1. The summed E-state index contributed by atoms with van der Waals surface area (Å²) in [5.41, 5.74) is 0.912. The number of halogens is 2. The SMILES string of the molecule is CCN(C(=O)Oc1ccc(F)cc1)[C@@H]1CN(C(O)C2CCNCC2)C[C@H]1c1ccc(F)cc1. The number of carbonyl (C=O) groups is 1. The zero-order valence-corrected chi connectivity index (χ0v) is 18.8. The lowest BCUT2D eigenvalue weighted by atomic mass is 9.93. The van der Waals surface area contributed by atoms with Crippen LogP contribution in [0.1, 0.15) is 31.2 Å². The third kappa shape index (κ3) is 5.51. The number of piperidine rings is 1. The van der Waals surface area contributed by atoms with Gasteiger partial charge in [-0.1, -0.05) is 12.1 Å². The average Bonchev–Trinajstić information content (AvgIpc) is 3.26. The van der Waals surface area contributed by atoms with Crippen molar-refractivity contribution in [3.8, 4) is 5.75 Å². The largest absolute Gasteiger partial charge is 0.415 e. The Bertz CT molecular complexity index is 919. The van der Waals surface area contributed by atoms with Crippen molar-refractivity contribution in [1.29, 1.82) is 0 Å². The first-order valence-electron chi connectivity index (χ1n) is 11.6. The molecule has 1 unspecified atom stereocenters. The molecule has 0 radical (unpaired) electrons. The maximum atomic E-state index is 13.6. The lowest BCUT2D eigenvalue weighted by Gasteiger charge is -2.34. The average molecular weight is 460 g/mol. The lowest BCUT2D eigenvalue weighted by Crippen LogP contribution is -2.47. The number of rotatable bonds is 6. The Hall–Kier alpha value is -2.55. The van der Waals surface area contributed by atoms with Crippen LogP contribution in [-0.4, -0.2) is 66.0 Å². The number of nitrogens with one attached hydrogen (secondary N) is 1. The summed E-state index contributed by atoms with van der Waals surface area (Å²) >= 11 is 0. The van der Waals surface area contributed by atoms with E-state index < -0.39 is 18.1 Å². The second kappa shape index (κ2) is 10.6. The van der Waals surface area contributed by atoms with Gasteiger partial charge in [-0.3, -0.25) is 4.90 Å². The molecule has 2 aromatic rings. The molecule has 0 spiro atoms. The first kappa shape index (κ1) is 23.6. The maximum Gasteiger partial charge on any atom is 0.415 e. The molecule has 0 aliphatic carbocycles. The minimum absolute atomic E-state index is 0.109. The van der Waals surface area contributed by atoms with Crippen molar-refractivity contribution in [1.82, 2.24) is 15.1 Å². The molecule has 0 saturated carbocycles. The molecule has 4 rings (SSSR count). The van der Waals surface area contributed by atoms with Crippen molar-refractivity contribution in [2.75, 3.05) is 32.7 Å². The minimum atomic E-state index is -0.605. The van der Waals surface area contributed by atoms with E-state index in [2.05, 4.69) is 5.32 Å². The van der Waals surface area contributed by atoms with Crippen LogP contribution in [0.15, 0.2) is 48.5 Å². The summed E-state index contributed by atoms with van der Waals surface area (Å²) in [6.07, 6.45) is 0.660. The molecule has 178 valence electrons. The molecule has 2 fully saturated rings. The van der Waals surface area contributed by atoms with Gasteiger partial charge in [-0.05, 0) is 74.8 Å². The number of carbonyl (C=O) groups excluding carboxylic acids is 1. The number of aliphatic hydroxyl groups is 1. The molecule has 0 aromatic heterocycles. The van der Waals surface area contributed by atoms with Gasteiger partial charge in [0.15, 0.2) is 0 Å². The Morgan fingerprint density at radius 3 is 2.30 bits per heavy atom. The molecule has 3 atom stereocenters. The topological polar surface area (TPSA) is 65.0 Å². The molecule has 1 amide bonds. The van der Waals surface area contributed by atoms with Crippen LogP contribution >= 0.6 is 0 Å². The van der Waals surface area contributed by atoms with E-state index in [1.165, 1.54) is 36.4 Å². The Morgan fingerprint density at radius 1 is 1.09 bits per heavy atom. The first-order valence-corrected chi connectivity index (χ1v) is 11.6.